The maximum Gasteiger partial charge on any atom is 0.250 e. The summed E-state index contributed by atoms with van der Waals surface area (Å²) in [6.45, 7) is 14.9. The minimum absolute atomic E-state index is 0.108. The predicted octanol–water partition coefficient (Wildman–Crippen LogP) is 7.34. The molecule has 0 saturated heterocycles. The molecule has 0 fully saturated rings. The van der Waals surface area contributed by atoms with Crippen LogP contribution in [0.2, 0.25) is 0 Å². The minimum atomic E-state index is 0.108. The molecule has 4 rings (SSSR count). The number of aromatic nitrogens is 3. The van der Waals surface area contributed by atoms with Crippen LogP contribution in [0.3, 0.4) is 0 Å². The van der Waals surface area contributed by atoms with Gasteiger partial charge in [-0.2, -0.15) is 20.1 Å². The van der Waals surface area contributed by atoms with E-state index in [9.17, 15) is 0 Å². The highest BCUT2D eigenvalue weighted by molar-refractivity contribution is 5.80. The quantitative estimate of drug-likeness (QED) is 0.184. The van der Waals surface area contributed by atoms with Crippen LogP contribution in [0.25, 0.3) is 0 Å². The number of hydrogen-bond donors (Lipinski definition) is 3. The summed E-state index contributed by atoms with van der Waals surface area (Å²) in [5, 5.41) is 11.0. The van der Waals surface area contributed by atoms with Gasteiger partial charge < -0.3 is 10.6 Å². The van der Waals surface area contributed by atoms with Gasteiger partial charge in [0, 0.05) is 11.4 Å². The number of benzene rings is 3. The number of nitrogens with one attached hydrogen (secondary N) is 3. The highest BCUT2D eigenvalue weighted by Crippen LogP contribution is 2.23. The van der Waals surface area contributed by atoms with Crippen molar-refractivity contribution < 1.29 is 0 Å². The van der Waals surface area contributed by atoms with Crippen molar-refractivity contribution in [2.45, 2.75) is 53.9 Å². The summed E-state index contributed by atoms with van der Waals surface area (Å²) < 4.78 is 0. The van der Waals surface area contributed by atoms with Gasteiger partial charge in [0.2, 0.25) is 17.8 Å². The largest absolute Gasteiger partial charge is 0.324 e. The van der Waals surface area contributed by atoms with Crippen LogP contribution in [-0.2, 0) is 5.41 Å². The fourth-order valence-corrected chi connectivity index (χ4v) is 4.12. The molecule has 4 aromatic rings. The number of aryl methyl sites for hydroxylation is 4. The predicted molar refractivity (Wildman–Crippen MR) is 155 cm³/mol. The summed E-state index contributed by atoms with van der Waals surface area (Å²) in [5.74, 6) is 1.16. The molecule has 1 heterocycles. The van der Waals surface area contributed by atoms with E-state index in [0.717, 1.165) is 39.2 Å². The van der Waals surface area contributed by atoms with Crippen LogP contribution in [-0.4, -0.2) is 21.2 Å². The molecule has 190 valence electrons. The van der Waals surface area contributed by atoms with E-state index in [-0.39, 0.29) is 5.41 Å². The Bertz CT molecular complexity index is 1310. The Balaban J connectivity index is 1.59. The van der Waals surface area contributed by atoms with E-state index < -0.39 is 0 Å². The third-order valence-electron chi connectivity index (χ3n) is 5.75. The van der Waals surface area contributed by atoms with Gasteiger partial charge in [0.15, 0.2) is 0 Å². The van der Waals surface area contributed by atoms with Crippen molar-refractivity contribution in [2.75, 3.05) is 16.1 Å². The van der Waals surface area contributed by atoms with Crippen LogP contribution >= 0.6 is 0 Å². The van der Waals surface area contributed by atoms with Gasteiger partial charge in [0.25, 0.3) is 0 Å². The molecule has 0 aliphatic rings. The van der Waals surface area contributed by atoms with Crippen molar-refractivity contribution in [3.8, 4) is 0 Å². The molecule has 1 aromatic heterocycles. The molecule has 0 spiro atoms. The molecule has 0 saturated carbocycles. The van der Waals surface area contributed by atoms with Crippen molar-refractivity contribution in [3.63, 3.8) is 0 Å². The minimum Gasteiger partial charge on any atom is -0.324 e. The molecule has 7 heteroatoms. The summed E-state index contributed by atoms with van der Waals surface area (Å²) in [6, 6.07) is 20.8. The van der Waals surface area contributed by atoms with Gasteiger partial charge >= 0.3 is 0 Å². The summed E-state index contributed by atoms with van der Waals surface area (Å²) in [6.07, 6.45) is 1.75. The van der Waals surface area contributed by atoms with E-state index in [0.29, 0.717) is 17.8 Å². The smallest absolute Gasteiger partial charge is 0.250 e. The lowest BCUT2D eigenvalue weighted by Crippen LogP contribution is -2.10. The van der Waals surface area contributed by atoms with Crippen molar-refractivity contribution >= 4 is 35.4 Å². The zero-order chi connectivity index (χ0) is 26.6. The molecule has 0 unspecified atom stereocenters. The standard InChI is InChI=1S/C30H35N7/c1-19-12-20(2)15-25(14-19)32-27-34-28(33-26-16-21(3)13-22(4)17-26)36-29(35-27)37-31-18-23-8-10-24(11-9-23)30(5,6)7/h8-18H,1-7H3,(H3,32,33,34,35,36,37). The van der Waals surface area contributed by atoms with E-state index in [2.05, 4.69) is 145 Å². The van der Waals surface area contributed by atoms with Crippen LogP contribution in [0.15, 0.2) is 65.8 Å². The van der Waals surface area contributed by atoms with Crippen LogP contribution in [0.4, 0.5) is 29.2 Å². The fourth-order valence-electron chi connectivity index (χ4n) is 4.12. The Morgan fingerprint density at radius 3 is 1.49 bits per heavy atom. The molecular weight excluding hydrogens is 458 g/mol. The van der Waals surface area contributed by atoms with Crippen LogP contribution in [0, 0.1) is 27.7 Å². The Morgan fingerprint density at radius 1 is 0.622 bits per heavy atom. The second-order valence-electron chi connectivity index (χ2n) is 10.6. The summed E-state index contributed by atoms with van der Waals surface area (Å²) >= 11 is 0. The van der Waals surface area contributed by atoms with Gasteiger partial charge in [0.1, 0.15) is 0 Å². The van der Waals surface area contributed by atoms with Crippen molar-refractivity contribution in [3.05, 3.63) is 94.0 Å². The average Bonchev–Trinajstić information content (AvgIpc) is 2.77. The first-order valence-electron chi connectivity index (χ1n) is 12.4. The Morgan fingerprint density at radius 2 is 1.05 bits per heavy atom. The van der Waals surface area contributed by atoms with Gasteiger partial charge in [-0.15, -0.1) is 0 Å². The second kappa shape index (κ2) is 10.8. The highest BCUT2D eigenvalue weighted by atomic mass is 15.4. The van der Waals surface area contributed by atoms with Crippen LogP contribution < -0.4 is 16.1 Å². The first-order valence-corrected chi connectivity index (χ1v) is 12.4. The van der Waals surface area contributed by atoms with E-state index in [1.807, 2.05) is 0 Å². The zero-order valence-electron chi connectivity index (χ0n) is 22.6. The lowest BCUT2D eigenvalue weighted by Gasteiger charge is -2.18. The van der Waals surface area contributed by atoms with Crippen LogP contribution in [0.1, 0.15) is 54.2 Å². The number of hydrazone groups is 1. The molecule has 0 radical (unpaired) electrons. The normalized spacial score (nSPS) is 11.5. The molecule has 0 aliphatic carbocycles. The molecule has 0 amide bonds. The number of nitrogens with zero attached hydrogens (tertiary/aromatic N) is 4. The van der Waals surface area contributed by atoms with Crippen molar-refractivity contribution in [1.29, 1.82) is 0 Å². The fraction of sp³-hybridized carbons (Fsp3) is 0.267. The lowest BCUT2D eigenvalue weighted by molar-refractivity contribution is 0.590. The molecule has 37 heavy (non-hydrogen) atoms. The topological polar surface area (TPSA) is 87.1 Å². The number of hydrogen-bond acceptors (Lipinski definition) is 7. The molecule has 3 aromatic carbocycles. The Kier molecular flexibility index (Phi) is 7.53. The van der Waals surface area contributed by atoms with Crippen molar-refractivity contribution in [2.24, 2.45) is 5.10 Å². The molecular formula is C30H35N7. The van der Waals surface area contributed by atoms with E-state index in [1.54, 1.807) is 6.21 Å². The average molecular weight is 494 g/mol. The molecule has 0 aliphatic heterocycles. The zero-order valence-corrected chi connectivity index (χ0v) is 22.6. The summed E-state index contributed by atoms with van der Waals surface area (Å²) in [4.78, 5) is 13.7. The molecule has 0 bridgehead atoms. The number of anilines is 5. The summed E-state index contributed by atoms with van der Waals surface area (Å²) in [7, 11) is 0. The second-order valence-corrected chi connectivity index (χ2v) is 10.6. The van der Waals surface area contributed by atoms with Gasteiger partial charge in [-0.05, 0) is 90.8 Å². The maximum atomic E-state index is 4.61. The van der Waals surface area contributed by atoms with Gasteiger partial charge in [-0.25, -0.2) is 5.43 Å². The lowest BCUT2D eigenvalue weighted by atomic mass is 9.87. The monoisotopic (exact) mass is 493 g/mol. The first-order chi connectivity index (χ1) is 17.5. The molecule has 0 atom stereocenters. The molecule has 7 nitrogen and oxygen atoms in total. The number of rotatable bonds is 7. The SMILES string of the molecule is Cc1cc(C)cc(Nc2nc(NN=Cc3ccc(C(C)(C)C)cc3)nc(Nc3cc(C)cc(C)c3)n2)c1. The third kappa shape index (κ3) is 7.36. The first kappa shape index (κ1) is 25.8. The maximum absolute atomic E-state index is 4.61. The summed E-state index contributed by atoms with van der Waals surface area (Å²) in [5.41, 5.74) is 11.8. The van der Waals surface area contributed by atoms with E-state index >= 15 is 0 Å². The molecule has 3 N–H and O–H groups in total. The van der Waals surface area contributed by atoms with Gasteiger partial charge in [0.05, 0.1) is 6.21 Å². The van der Waals surface area contributed by atoms with E-state index in [4.69, 9.17) is 0 Å². The van der Waals surface area contributed by atoms with Crippen LogP contribution in [0.5, 0.6) is 0 Å². The van der Waals surface area contributed by atoms with E-state index in [1.165, 1.54) is 5.56 Å². The highest BCUT2D eigenvalue weighted by Gasteiger charge is 2.12. The third-order valence-corrected chi connectivity index (χ3v) is 5.75. The Hall–Kier alpha value is -4.26. The van der Waals surface area contributed by atoms with Gasteiger partial charge in [-0.3, -0.25) is 0 Å². The Labute approximate surface area is 219 Å². The van der Waals surface area contributed by atoms with Gasteiger partial charge in [-0.1, -0.05) is 57.2 Å². The van der Waals surface area contributed by atoms with Crippen molar-refractivity contribution in [1.82, 2.24) is 15.0 Å².